The summed E-state index contributed by atoms with van der Waals surface area (Å²) in [6.07, 6.45) is -3.30. The monoisotopic (exact) mass is 380 g/mol. The summed E-state index contributed by atoms with van der Waals surface area (Å²) in [7, 11) is 0. The van der Waals surface area contributed by atoms with Gasteiger partial charge in [0.15, 0.2) is 0 Å². The zero-order valence-electron chi connectivity index (χ0n) is 14.6. The third kappa shape index (κ3) is 4.66. The van der Waals surface area contributed by atoms with Crippen molar-refractivity contribution in [1.82, 2.24) is 9.97 Å². The number of nitrogens with zero attached hydrogens (tertiary/aromatic N) is 3. The summed E-state index contributed by atoms with van der Waals surface area (Å²) in [5.41, 5.74) is 0.430. The number of hydrogen-bond donors (Lipinski definition) is 2. The molecular formula is C18H19F3N4O2. The van der Waals surface area contributed by atoms with Gasteiger partial charge < -0.3 is 15.3 Å². The molecule has 6 nitrogen and oxygen atoms in total. The van der Waals surface area contributed by atoms with E-state index in [4.69, 9.17) is 5.11 Å². The van der Waals surface area contributed by atoms with Gasteiger partial charge >= 0.3 is 12.1 Å². The Morgan fingerprint density at radius 2 is 1.81 bits per heavy atom. The molecule has 9 heteroatoms. The number of nitrogens with one attached hydrogen (secondary N) is 1. The van der Waals surface area contributed by atoms with Gasteiger partial charge in [-0.3, -0.25) is 4.79 Å². The number of carbonyl (C=O) groups is 1. The number of anilines is 3. The highest BCUT2D eigenvalue weighted by atomic mass is 19.4. The molecule has 1 saturated heterocycles. The summed E-state index contributed by atoms with van der Waals surface area (Å²) in [6, 6.07) is 6.45. The lowest BCUT2D eigenvalue weighted by Crippen LogP contribution is -2.36. The van der Waals surface area contributed by atoms with Gasteiger partial charge in [0.25, 0.3) is 0 Å². The van der Waals surface area contributed by atoms with E-state index in [2.05, 4.69) is 15.3 Å². The normalized spacial score (nSPS) is 15.6. The largest absolute Gasteiger partial charge is 0.481 e. The number of alkyl halides is 3. The Morgan fingerprint density at radius 1 is 1.19 bits per heavy atom. The van der Waals surface area contributed by atoms with Crippen molar-refractivity contribution in [2.24, 2.45) is 5.92 Å². The molecule has 1 aliphatic heterocycles. The van der Waals surface area contributed by atoms with Gasteiger partial charge in [-0.05, 0) is 44.0 Å². The number of aliphatic carboxylic acids is 1. The maximum Gasteiger partial charge on any atom is 0.416 e. The van der Waals surface area contributed by atoms with Crippen molar-refractivity contribution in [3.05, 3.63) is 41.6 Å². The van der Waals surface area contributed by atoms with Crippen LogP contribution in [0.4, 0.5) is 30.6 Å². The van der Waals surface area contributed by atoms with Crippen LogP contribution in [0.25, 0.3) is 0 Å². The van der Waals surface area contributed by atoms with Crippen molar-refractivity contribution in [2.75, 3.05) is 23.3 Å². The van der Waals surface area contributed by atoms with E-state index in [1.54, 1.807) is 13.0 Å². The smallest absolute Gasteiger partial charge is 0.416 e. The summed E-state index contributed by atoms with van der Waals surface area (Å²) >= 11 is 0. The summed E-state index contributed by atoms with van der Waals surface area (Å²) < 4.78 is 37.9. The first-order valence-corrected chi connectivity index (χ1v) is 8.50. The van der Waals surface area contributed by atoms with E-state index < -0.39 is 17.7 Å². The van der Waals surface area contributed by atoms with Gasteiger partial charge in [-0.1, -0.05) is 0 Å². The first-order valence-electron chi connectivity index (χ1n) is 8.50. The predicted molar refractivity (Wildman–Crippen MR) is 94.1 cm³/mol. The standard InChI is InChI=1S/C18H19F3N4O2/c1-11-10-15(25-8-6-12(7-9-25)16(26)27)24-17(22-11)23-14-4-2-13(3-5-14)18(19,20)21/h2-5,10,12H,6-9H2,1H3,(H,26,27)(H,22,23,24). The molecule has 0 atom stereocenters. The van der Waals surface area contributed by atoms with Crippen molar-refractivity contribution in [3.8, 4) is 0 Å². The molecule has 0 unspecified atom stereocenters. The fourth-order valence-electron chi connectivity index (χ4n) is 3.00. The Hall–Kier alpha value is -2.84. The summed E-state index contributed by atoms with van der Waals surface area (Å²) in [4.78, 5) is 21.8. The topological polar surface area (TPSA) is 78.4 Å². The Kier molecular flexibility index (Phi) is 5.20. The van der Waals surface area contributed by atoms with Gasteiger partial charge in [0.05, 0.1) is 11.5 Å². The Labute approximate surface area is 154 Å². The zero-order chi connectivity index (χ0) is 19.6. The van der Waals surface area contributed by atoms with Crippen LogP contribution in [0.15, 0.2) is 30.3 Å². The van der Waals surface area contributed by atoms with Crippen LogP contribution < -0.4 is 10.2 Å². The predicted octanol–water partition coefficient (Wildman–Crippen LogP) is 3.85. The molecule has 0 radical (unpaired) electrons. The zero-order valence-corrected chi connectivity index (χ0v) is 14.6. The molecular weight excluding hydrogens is 361 g/mol. The summed E-state index contributed by atoms with van der Waals surface area (Å²) in [6.45, 7) is 2.95. The molecule has 27 heavy (non-hydrogen) atoms. The van der Waals surface area contributed by atoms with Gasteiger partial charge in [0.1, 0.15) is 5.82 Å². The van der Waals surface area contributed by atoms with E-state index in [9.17, 15) is 18.0 Å². The Bertz CT molecular complexity index is 816. The van der Waals surface area contributed by atoms with E-state index in [0.29, 0.717) is 43.1 Å². The van der Waals surface area contributed by atoms with Crippen molar-refractivity contribution < 1.29 is 23.1 Å². The quantitative estimate of drug-likeness (QED) is 0.839. The maximum atomic E-state index is 12.6. The van der Waals surface area contributed by atoms with E-state index in [1.165, 1.54) is 12.1 Å². The highest BCUT2D eigenvalue weighted by Gasteiger charge is 2.30. The van der Waals surface area contributed by atoms with Gasteiger partial charge in [0.2, 0.25) is 5.95 Å². The fraction of sp³-hybridized carbons (Fsp3) is 0.389. The number of piperidine rings is 1. The Balaban J connectivity index is 1.73. The second-order valence-corrected chi connectivity index (χ2v) is 6.49. The molecule has 0 aliphatic carbocycles. The first kappa shape index (κ1) is 18.9. The first-order chi connectivity index (χ1) is 12.7. The molecule has 2 aromatic rings. The van der Waals surface area contributed by atoms with Crippen LogP contribution in [0.2, 0.25) is 0 Å². The van der Waals surface area contributed by atoms with E-state index in [-0.39, 0.29) is 11.9 Å². The highest BCUT2D eigenvalue weighted by molar-refractivity contribution is 5.70. The highest BCUT2D eigenvalue weighted by Crippen LogP contribution is 2.30. The van der Waals surface area contributed by atoms with Crippen LogP contribution >= 0.6 is 0 Å². The van der Waals surface area contributed by atoms with Crippen LogP contribution in [0.5, 0.6) is 0 Å². The fourth-order valence-corrected chi connectivity index (χ4v) is 3.00. The van der Waals surface area contributed by atoms with Gasteiger partial charge in [-0.25, -0.2) is 4.98 Å². The van der Waals surface area contributed by atoms with Crippen molar-refractivity contribution in [3.63, 3.8) is 0 Å². The lowest BCUT2D eigenvalue weighted by molar-refractivity contribution is -0.142. The molecule has 0 bridgehead atoms. The van der Waals surface area contributed by atoms with Crippen LogP contribution in [0.1, 0.15) is 24.1 Å². The molecule has 0 amide bonds. The number of rotatable bonds is 4. The molecule has 1 aliphatic rings. The minimum Gasteiger partial charge on any atom is -0.481 e. The molecule has 1 fully saturated rings. The second kappa shape index (κ2) is 7.42. The average molecular weight is 380 g/mol. The third-order valence-electron chi connectivity index (χ3n) is 4.48. The van der Waals surface area contributed by atoms with Gasteiger partial charge in [-0.2, -0.15) is 18.2 Å². The van der Waals surface area contributed by atoms with Crippen LogP contribution in [0, 0.1) is 12.8 Å². The number of hydrogen-bond acceptors (Lipinski definition) is 5. The number of aromatic nitrogens is 2. The molecule has 1 aromatic heterocycles. The van der Waals surface area contributed by atoms with E-state index in [0.717, 1.165) is 12.1 Å². The molecule has 0 spiro atoms. The van der Waals surface area contributed by atoms with E-state index in [1.807, 2.05) is 4.90 Å². The number of benzene rings is 1. The van der Waals surface area contributed by atoms with E-state index >= 15 is 0 Å². The lowest BCUT2D eigenvalue weighted by Gasteiger charge is -2.31. The van der Waals surface area contributed by atoms with Crippen molar-refractivity contribution in [1.29, 1.82) is 0 Å². The number of carboxylic acids is 1. The lowest BCUT2D eigenvalue weighted by atomic mass is 9.97. The maximum absolute atomic E-state index is 12.6. The second-order valence-electron chi connectivity index (χ2n) is 6.49. The number of aryl methyl sites for hydroxylation is 1. The molecule has 2 N–H and O–H groups in total. The third-order valence-corrected chi connectivity index (χ3v) is 4.48. The Morgan fingerprint density at radius 3 is 2.37 bits per heavy atom. The van der Waals surface area contributed by atoms with Crippen LogP contribution in [-0.4, -0.2) is 34.1 Å². The number of halogens is 3. The number of carboxylic acid groups (broad SMARTS) is 1. The summed E-state index contributed by atoms with van der Waals surface area (Å²) in [5, 5.41) is 12.0. The molecule has 144 valence electrons. The van der Waals surface area contributed by atoms with Crippen LogP contribution in [-0.2, 0) is 11.0 Å². The minimum atomic E-state index is -4.38. The van der Waals surface area contributed by atoms with Crippen molar-refractivity contribution >= 4 is 23.4 Å². The van der Waals surface area contributed by atoms with Crippen LogP contribution in [0.3, 0.4) is 0 Å². The SMILES string of the molecule is Cc1cc(N2CCC(C(=O)O)CC2)nc(Nc2ccc(C(F)(F)F)cc2)n1. The molecule has 1 aromatic carbocycles. The van der Waals surface area contributed by atoms with Gasteiger partial charge in [0, 0.05) is 30.5 Å². The molecule has 2 heterocycles. The summed E-state index contributed by atoms with van der Waals surface area (Å²) in [5.74, 6) is -0.169. The van der Waals surface area contributed by atoms with Gasteiger partial charge in [-0.15, -0.1) is 0 Å². The average Bonchev–Trinajstić information content (AvgIpc) is 2.61. The molecule has 0 saturated carbocycles. The molecule has 3 rings (SSSR count). The minimum absolute atomic E-state index is 0.283. The van der Waals surface area contributed by atoms with Crippen molar-refractivity contribution in [2.45, 2.75) is 25.9 Å².